The van der Waals surface area contributed by atoms with Gasteiger partial charge in [0.2, 0.25) is 0 Å². The average Bonchev–Trinajstić information content (AvgIpc) is 2.87. The van der Waals surface area contributed by atoms with E-state index in [1.54, 1.807) is 10.9 Å². The van der Waals surface area contributed by atoms with Gasteiger partial charge >= 0.3 is 5.97 Å². The van der Waals surface area contributed by atoms with E-state index < -0.39 is 5.97 Å². The smallest absolute Gasteiger partial charge is 0.317 e. The number of benzene rings is 1. The van der Waals surface area contributed by atoms with E-state index in [2.05, 4.69) is 5.10 Å². The zero-order chi connectivity index (χ0) is 13.7. The maximum atomic E-state index is 10.7. The third-order valence-electron chi connectivity index (χ3n) is 2.87. The van der Waals surface area contributed by atoms with Crippen LogP contribution in [0.5, 0.6) is 0 Å². The highest BCUT2D eigenvalue weighted by Gasteiger charge is 2.09. The van der Waals surface area contributed by atoms with Crippen LogP contribution < -0.4 is 0 Å². The van der Waals surface area contributed by atoms with Crippen molar-refractivity contribution in [3.05, 3.63) is 48.3 Å². The van der Waals surface area contributed by atoms with Gasteiger partial charge in [-0.1, -0.05) is 25.1 Å². The van der Waals surface area contributed by atoms with Gasteiger partial charge in [-0.3, -0.25) is 9.69 Å². The van der Waals surface area contributed by atoms with Crippen molar-refractivity contribution in [1.29, 1.82) is 0 Å². The van der Waals surface area contributed by atoms with Crippen molar-refractivity contribution in [3.8, 4) is 5.69 Å². The minimum atomic E-state index is -0.808. The molecular weight excluding hydrogens is 242 g/mol. The maximum Gasteiger partial charge on any atom is 0.317 e. The van der Waals surface area contributed by atoms with Crippen LogP contribution in [0.25, 0.3) is 5.69 Å². The second-order valence-corrected chi connectivity index (χ2v) is 4.33. The number of carbonyl (C=O) groups is 1. The number of nitrogens with zero attached hydrogens (tertiary/aromatic N) is 3. The summed E-state index contributed by atoms with van der Waals surface area (Å²) in [7, 11) is 0. The maximum absolute atomic E-state index is 10.7. The summed E-state index contributed by atoms with van der Waals surface area (Å²) in [5.74, 6) is -0.808. The molecule has 0 amide bonds. The fraction of sp³-hybridized carbons (Fsp3) is 0.286. The Hall–Kier alpha value is -2.14. The molecule has 0 atom stereocenters. The van der Waals surface area contributed by atoms with E-state index in [1.807, 2.05) is 48.4 Å². The molecule has 0 radical (unpaired) electrons. The summed E-state index contributed by atoms with van der Waals surface area (Å²) >= 11 is 0. The molecule has 0 aliphatic rings. The Morgan fingerprint density at radius 1 is 1.37 bits per heavy atom. The number of carboxylic acid groups (broad SMARTS) is 1. The molecule has 0 saturated heterocycles. The molecular formula is C14H17N3O2. The van der Waals surface area contributed by atoms with Gasteiger partial charge in [-0.05, 0) is 18.7 Å². The van der Waals surface area contributed by atoms with E-state index in [1.165, 1.54) is 0 Å². The largest absolute Gasteiger partial charge is 0.480 e. The lowest BCUT2D eigenvalue weighted by atomic mass is 10.3. The number of rotatable bonds is 6. The molecule has 1 N–H and O–H groups in total. The lowest BCUT2D eigenvalue weighted by Crippen LogP contribution is -2.28. The molecule has 2 aromatic rings. The second-order valence-electron chi connectivity index (χ2n) is 4.33. The molecule has 0 saturated carbocycles. The first kappa shape index (κ1) is 13.3. The van der Waals surface area contributed by atoms with Crippen LogP contribution >= 0.6 is 0 Å². The highest BCUT2D eigenvalue weighted by molar-refractivity contribution is 5.69. The number of aromatic nitrogens is 2. The van der Waals surface area contributed by atoms with Crippen molar-refractivity contribution in [2.24, 2.45) is 0 Å². The minimum Gasteiger partial charge on any atom is -0.480 e. The number of hydrogen-bond acceptors (Lipinski definition) is 3. The molecule has 0 aliphatic carbocycles. The monoisotopic (exact) mass is 259 g/mol. The van der Waals surface area contributed by atoms with Crippen LogP contribution in [-0.4, -0.2) is 38.8 Å². The summed E-state index contributed by atoms with van der Waals surface area (Å²) in [5, 5.41) is 13.1. The van der Waals surface area contributed by atoms with Gasteiger partial charge in [0, 0.05) is 18.3 Å². The molecule has 1 aromatic heterocycles. The normalized spacial score (nSPS) is 10.8. The minimum absolute atomic E-state index is 0.0486. The fourth-order valence-electron chi connectivity index (χ4n) is 1.89. The second kappa shape index (κ2) is 6.15. The molecule has 0 bridgehead atoms. The van der Waals surface area contributed by atoms with E-state index in [0.717, 1.165) is 11.3 Å². The lowest BCUT2D eigenvalue weighted by Gasteiger charge is -2.16. The van der Waals surface area contributed by atoms with E-state index >= 15 is 0 Å². The van der Waals surface area contributed by atoms with Gasteiger partial charge in [-0.15, -0.1) is 0 Å². The van der Waals surface area contributed by atoms with Gasteiger partial charge in [0.15, 0.2) is 0 Å². The van der Waals surface area contributed by atoms with Crippen molar-refractivity contribution < 1.29 is 9.90 Å². The fourth-order valence-corrected chi connectivity index (χ4v) is 1.89. The first-order valence-corrected chi connectivity index (χ1v) is 6.22. The Morgan fingerprint density at radius 2 is 2.11 bits per heavy atom. The van der Waals surface area contributed by atoms with Gasteiger partial charge in [0.05, 0.1) is 18.4 Å². The van der Waals surface area contributed by atoms with Crippen LogP contribution in [0.2, 0.25) is 0 Å². The molecule has 0 aliphatic heterocycles. The summed E-state index contributed by atoms with van der Waals surface area (Å²) in [6.45, 7) is 3.29. The lowest BCUT2D eigenvalue weighted by molar-refractivity contribution is -0.138. The van der Waals surface area contributed by atoms with Crippen molar-refractivity contribution >= 4 is 5.97 Å². The zero-order valence-corrected chi connectivity index (χ0v) is 10.9. The topological polar surface area (TPSA) is 58.4 Å². The zero-order valence-electron chi connectivity index (χ0n) is 10.9. The number of likely N-dealkylation sites (N-methyl/N-ethyl adjacent to an activating group) is 1. The standard InChI is InChI=1S/C14H17N3O2/c1-2-16(11-14(18)19)9-12-8-15-17(10-12)13-6-4-3-5-7-13/h3-8,10H,2,9,11H2,1H3,(H,18,19). The van der Waals surface area contributed by atoms with Gasteiger partial charge < -0.3 is 5.11 Å². The molecule has 1 aromatic carbocycles. The van der Waals surface area contributed by atoms with Crippen molar-refractivity contribution in [1.82, 2.24) is 14.7 Å². The van der Waals surface area contributed by atoms with Crippen LogP contribution in [-0.2, 0) is 11.3 Å². The number of carboxylic acids is 1. The Bertz CT molecular complexity index is 537. The van der Waals surface area contributed by atoms with E-state index in [-0.39, 0.29) is 6.54 Å². The molecule has 100 valence electrons. The number of para-hydroxylation sites is 1. The first-order valence-electron chi connectivity index (χ1n) is 6.22. The van der Waals surface area contributed by atoms with Crippen molar-refractivity contribution in [2.75, 3.05) is 13.1 Å². The van der Waals surface area contributed by atoms with E-state index in [0.29, 0.717) is 13.1 Å². The van der Waals surface area contributed by atoms with Crippen LogP contribution in [0, 0.1) is 0 Å². The Balaban J connectivity index is 2.07. The van der Waals surface area contributed by atoms with Crippen molar-refractivity contribution in [2.45, 2.75) is 13.5 Å². The van der Waals surface area contributed by atoms with Crippen LogP contribution in [0.1, 0.15) is 12.5 Å². The van der Waals surface area contributed by atoms with Crippen molar-refractivity contribution in [3.63, 3.8) is 0 Å². The first-order chi connectivity index (χ1) is 9.19. The third-order valence-corrected chi connectivity index (χ3v) is 2.87. The van der Waals surface area contributed by atoms with Gasteiger partial charge in [0.25, 0.3) is 0 Å². The van der Waals surface area contributed by atoms with Crippen LogP contribution in [0.15, 0.2) is 42.7 Å². The van der Waals surface area contributed by atoms with Gasteiger partial charge in [0.1, 0.15) is 0 Å². The summed E-state index contributed by atoms with van der Waals surface area (Å²) in [5.41, 5.74) is 2.00. The quantitative estimate of drug-likeness (QED) is 0.859. The SMILES string of the molecule is CCN(CC(=O)O)Cc1cnn(-c2ccccc2)c1. The highest BCUT2D eigenvalue weighted by atomic mass is 16.4. The summed E-state index contributed by atoms with van der Waals surface area (Å²) in [6, 6.07) is 9.83. The molecule has 1 heterocycles. The summed E-state index contributed by atoms with van der Waals surface area (Å²) in [6.07, 6.45) is 3.71. The predicted octanol–water partition coefficient (Wildman–Crippen LogP) is 1.78. The molecule has 0 unspecified atom stereocenters. The molecule has 5 heteroatoms. The molecule has 5 nitrogen and oxygen atoms in total. The third kappa shape index (κ3) is 3.66. The van der Waals surface area contributed by atoms with E-state index in [4.69, 9.17) is 5.11 Å². The van der Waals surface area contributed by atoms with Gasteiger partial charge in [-0.2, -0.15) is 5.10 Å². The summed E-state index contributed by atoms with van der Waals surface area (Å²) < 4.78 is 1.80. The van der Waals surface area contributed by atoms with E-state index in [9.17, 15) is 4.79 Å². The predicted molar refractivity (Wildman–Crippen MR) is 72.2 cm³/mol. The molecule has 2 rings (SSSR count). The Morgan fingerprint density at radius 3 is 2.74 bits per heavy atom. The summed E-state index contributed by atoms with van der Waals surface area (Å²) in [4.78, 5) is 12.6. The Labute approximate surface area is 112 Å². The van der Waals surface area contributed by atoms with Crippen LogP contribution in [0.4, 0.5) is 0 Å². The van der Waals surface area contributed by atoms with Crippen LogP contribution in [0.3, 0.4) is 0 Å². The molecule has 0 spiro atoms. The highest BCUT2D eigenvalue weighted by Crippen LogP contribution is 2.09. The molecule has 0 fully saturated rings. The average molecular weight is 259 g/mol. The Kier molecular flexibility index (Phi) is 4.30. The van der Waals surface area contributed by atoms with Gasteiger partial charge in [-0.25, -0.2) is 4.68 Å². The number of aliphatic carboxylic acids is 1. The number of hydrogen-bond donors (Lipinski definition) is 1. The molecule has 19 heavy (non-hydrogen) atoms.